The van der Waals surface area contributed by atoms with Crippen LogP contribution in [0.3, 0.4) is 0 Å². The second-order valence-corrected chi connectivity index (χ2v) is 4.53. The fraction of sp³-hybridized carbons (Fsp3) is 0.467. The Kier molecular flexibility index (Phi) is 4.61. The zero-order chi connectivity index (χ0) is 14.5. The summed E-state index contributed by atoms with van der Waals surface area (Å²) >= 11 is 0. The smallest absolute Gasteiger partial charge is 0.307 e. The van der Waals surface area contributed by atoms with E-state index in [0.717, 1.165) is 0 Å². The average Bonchev–Trinajstić information content (AvgIpc) is 2.46. The Labute approximate surface area is 118 Å². The Bertz CT molecular complexity index is 500. The maximum atomic E-state index is 12.3. The van der Waals surface area contributed by atoms with Crippen LogP contribution in [0, 0.1) is 0 Å². The largest absolute Gasteiger partial charge is 0.478 e. The first-order valence-corrected chi connectivity index (χ1v) is 6.90. The third kappa shape index (κ3) is 2.92. The number of para-hydroxylation sites is 2. The van der Waals surface area contributed by atoms with Gasteiger partial charge in [-0.15, -0.1) is 0 Å². The number of ether oxygens (including phenoxy) is 2. The van der Waals surface area contributed by atoms with E-state index in [0.29, 0.717) is 31.0 Å². The SMILES string of the molecule is CCOC(=O)CCN1C(=O)C(CC)Oc2ccccc21. The van der Waals surface area contributed by atoms with Gasteiger partial charge in [-0.3, -0.25) is 9.59 Å². The number of carbonyl (C=O) groups is 2. The highest BCUT2D eigenvalue weighted by Gasteiger charge is 2.33. The van der Waals surface area contributed by atoms with E-state index in [1.807, 2.05) is 31.2 Å². The molecule has 0 spiro atoms. The van der Waals surface area contributed by atoms with Crippen LogP contribution in [0.5, 0.6) is 5.75 Å². The number of carbonyl (C=O) groups excluding carboxylic acids is 2. The van der Waals surface area contributed by atoms with Crippen LogP contribution in [0.25, 0.3) is 0 Å². The van der Waals surface area contributed by atoms with Crippen LogP contribution < -0.4 is 9.64 Å². The van der Waals surface area contributed by atoms with Crippen LogP contribution in [-0.4, -0.2) is 31.1 Å². The van der Waals surface area contributed by atoms with Gasteiger partial charge in [0.25, 0.3) is 5.91 Å². The van der Waals surface area contributed by atoms with Crippen molar-refractivity contribution < 1.29 is 19.1 Å². The summed E-state index contributed by atoms with van der Waals surface area (Å²) in [6.07, 6.45) is 0.306. The first-order chi connectivity index (χ1) is 9.67. The molecule has 2 rings (SSSR count). The molecule has 1 amide bonds. The van der Waals surface area contributed by atoms with Gasteiger partial charge in [-0.1, -0.05) is 19.1 Å². The van der Waals surface area contributed by atoms with Gasteiger partial charge in [-0.25, -0.2) is 0 Å². The molecule has 0 radical (unpaired) electrons. The van der Waals surface area contributed by atoms with Gasteiger partial charge in [-0.05, 0) is 25.5 Å². The molecule has 1 unspecified atom stereocenters. The molecule has 1 aromatic rings. The van der Waals surface area contributed by atoms with Gasteiger partial charge < -0.3 is 14.4 Å². The summed E-state index contributed by atoms with van der Waals surface area (Å²) in [5.74, 6) is 0.288. The van der Waals surface area contributed by atoms with Crippen molar-refractivity contribution in [3.05, 3.63) is 24.3 Å². The van der Waals surface area contributed by atoms with Crippen LogP contribution in [0.15, 0.2) is 24.3 Å². The van der Waals surface area contributed by atoms with Crippen molar-refractivity contribution in [3.8, 4) is 5.75 Å². The molecule has 0 bridgehead atoms. The minimum absolute atomic E-state index is 0.101. The van der Waals surface area contributed by atoms with E-state index in [9.17, 15) is 9.59 Å². The molecule has 1 aliphatic heterocycles. The molecule has 0 saturated heterocycles. The predicted molar refractivity (Wildman–Crippen MR) is 74.8 cm³/mol. The summed E-state index contributed by atoms with van der Waals surface area (Å²) in [6, 6.07) is 7.37. The first kappa shape index (κ1) is 14.4. The highest BCUT2D eigenvalue weighted by Crippen LogP contribution is 2.34. The molecule has 5 nitrogen and oxygen atoms in total. The van der Waals surface area contributed by atoms with Gasteiger partial charge in [0.15, 0.2) is 6.10 Å². The van der Waals surface area contributed by atoms with Gasteiger partial charge in [0.1, 0.15) is 5.75 Å². The molecule has 5 heteroatoms. The standard InChI is InChI=1S/C15H19NO4/c1-3-12-15(18)16(10-9-14(17)19-4-2)11-7-5-6-8-13(11)20-12/h5-8,12H,3-4,9-10H2,1-2H3. The van der Waals surface area contributed by atoms with E-state index in [1.165, 1.54) is 0 Å². The molecule has 108 valence electrons. The Morgan fingerprint density at radius 2 is 2.10 bits per heavy atom. The molecule has 0 fully saturated rings. The normalized spacial score (nSPS) is 17.4. The van der Waals surface area contributed by atoms with E-state index in [2.05, 4.69) is 0 Å². The number of hydrogen-bond acceptors (Lipinski definition) is 4. The fourth-order valence-electron chi connectivity index (χ4n) is 2.20. The summed E-state index contributed by atoms with van der Waals surface area (Å²) < 4.78 is 10.6. The second-order valence-electron chi connectivity index (χ2n) is 4.53. The van der Waals surface area contributed by atoms with E-state index < -0.39 is 6.10 Å². The van der Waals surface area contributed by atoms with Crippen molar-refractivity contribution in [2.24, 2.45) is 0 Å². The topological polar surface area (TPSA) is 55.8 Å². The van der Waals surface area contributed by atoms with Gasteiger partial charge in [0.05, 0.1) is 18.7 Å². The summed E-state index contributed by atoms with van der Waals surface area (Å²) in [6.45, 7) is 4.33. The monoisotopic (exact) mass is 277 g/mol. The number of amides is 1. The zero-order valence-electron chi connectivity index (χ0n) is 11.8. The number of rotatable bonds is 5. The third-order valence-corrected chi connectivity index (χ3v) is 3.18. The average molecular weight is 277 g/mol. The minimum Gasteiger partial charge on any atom is -0.478 e. The van der Waals surface area contributed by atoms with Gasteiger partial charge >= 0.3 is 5.97 Å². The molecule has 0 aliphatic carbocycles. The summed E-state index contributed by atoms with van der Waals surface area (Å²) in [7, 11) is 0. The summed E-state index contributed by atoms with van der Waals surface area (Å²) in [5, 5.41) is 0. The van der Waals surface area contributed by atoms with E-state index in [-0.39, 0.29) is 18.3 Å². The number of hydrogen-bond donors (Lipinski definition) is 0. The molecule has 1 atom stereocenters. The number of benzene rings is 1. The Morgan fingerprint density at radius 1 is 1.35 bits per heavy atom. The lowest BCUT2D eigenvalue weighted by Gasteiger charge is -2.33. The van der Waals surface area contributed by atoms with Crippen molar-refractivity contribution in [1.29, 1.82) is 0 Å². The lowest BCUT2D eigenvalue weighted by atomic mass is 10.1. The number of esters is 1. The lowest BCUT2D eigenvalue weighted by molar-refractivity contribution is -0.142. The van der Waals surface area contributed by atoms with E-state index >= 15 is 0 Å². The molecule has 0 N–H and O–H groups in total. The molecular weight excluding hydrogens is 258 g/mol. The van der Waals surface area contributed by atoms with E-state index in [1.54, 1.807) is 11.8 Å². The number of fused-ring (bicyclic) bond motifs is 1. The quantitative estimate of drug-likeness (QED) is 0.774. The maximum absolute atomic E-state index is 12.3. The highest BCUT2D eigenvalue weighted by atomic mass is 16.5. The minimum atomic E-state index is -0.480. The summed E-state index contributed by atoms with van der Waals surface area (Å²) in [4.78, 5) is 25.4. The Balaban J connectivity index is 2.16. The zero-order valence-corrected chi connectivity index (χ0v) is 11.8. The maximum Gasteiger partial charge on any atom is 0.307 e. The highest BCUT2D eigenvalue weighted by molar-refractivity contribution is 6.00. The third-order valence-electron chi connectivity index (χ3n) is 3.18. The Morgan fingerprint density at radius 3 is 2.80 bits per heavy atom. The summed E-state index contributed by atoms with van der Waals surface area (Å²) in [5.41, 5.74) is 0.714. The molecule has 20 heavy (non-hydrogen) atoms. The lowest BCUT2D eigenvalue weighted by Crippen LogP contribution is -2.46. The van der Waals surface area contributed by atoms with Gasteiger partial charge in [0, 0.05) is 6.54 Å². The molecule has 1 aliphatic rings. The Hall–Kier alpha value is -2.04. The van der Waals surface area contributed by atoms with Gasteiger partial charge in [0.2, 0.25) is 0 Å². The van der Waals surface area contributed by atoms with Crippen molar-refractivity contribution in [3.63, 3.8) is 0 Å². The van der Waals surface area contributed by atoms with E-state index in [4.69, 9.17) is 9.47 Å². The van der Waals surface area contributed by atoms with Crippen LogP contribution in [-0.2, 0) is 14.3 Å². The van der Waals surface area contributed by atoms with Crippen LogP contribution in [0.1, 0.15) is 26.7 Å². The van der Waals surface area contributed by atoms with Crippen molar-refractivity contribution in [1.82, 2.24) is 0 Å². The first-order valence-electron chi connectivity index (χ1n) is 6.90. The molecule has 0 aromatic heterocycles. The number of anilines is 1. The van der Waals surface area contributed by atoms with Crippen LogP contribution >= 0.6 is 0 Å². The molecule has 0 saturated carbocycles. The molecule has 1 heterocycles. The second kappa shape index (κ2) is 6.41. The molecular formula is C15H19NO4. The fourth-order valence-corrected chi connectivity index (χ4v) is 2.20. The van der Waals surface area contributed by atoms with Crippen LogP contribution in [0.2, 0.25) is 0 Å². The van der Waals surface area contributed by atoms with Crippen molar-refractivity contribution in [2.75, 3.05) is 18.1 Å². The van der Waals surface area contributed by atoms with Crippen molar-refractivity contribution in [2.45, 2.75) is 32.8 Å². The van der Waals surface area contributed by atoms with Crippen molar-refractivity contribution >= 4 is 17.6 Å². The number of nitrogens with zero attached hydrogens (tertiary/aromatic N) is 1. The van der Waals surface area contributed by atoms with Gasteiger partial charge in [-0.2, -0.15) is 0 Å². The molecule has 1 aromatic carbocycles. The predicted octanol–water partition coefficient (Wildman–Crippen LogP) is 2.14. The van der Waals surface area contributed by atoms with Crippen LogP contribution in [0.4, 0.5) is 5.69 Å².